The van der Waals surface area contributed by atoms with Gasteiger partial charge in [-0.15, -0.1) is 0 Å². The topological polar surface area (TPSA) is 63.7 Å². The molecule has 3 rings (SSSR count). The van der Waals surface area contributed by atoms with Crippen LogP contribution in [0.4, 0.5) is 10.1 Å². The number of hydrogen-bond donors (Lipinski definition) is 0. The lowest BCUT2D eigenvalue weighted by molar-refractivity contribution is -0.117. The predicted molar refractivity (Wildman–Crippen MR) is 87.3 cm³/mol. The van der Waals surface area contributed by atoms with E-state index in [4.69, 9.17) is 15.8 Å². The molecule has 0 atom stereocenters. The largest absolute Gasteiger partial charge is 0.379 e. The van der Waals surface area contributed by atoms with Gasteiger partial charge in [-0.1, -0.05) is 17.7 Å². The van der Waals surface area contributed by atoms with E-state index >= 15 is 0 Å². The highest BCUT2D eigenvalue weighted by Gasteiger charge is 2.24. The Morgan fingerprint density at radius 3 is 2.62 bits per heavy atom. The van der Waals surface area contributed by atoms with Crippen LogP contribution in [0.5, 0.6) is 5.75 Å². The number of amides is 1. The van der Waals surface area contributed by atoms with Crippen LogP contribution in [0, 0.1) is 5.82 Å². The van der Waals surface area contributed by atoms with Gasteiger partial charge in [0, 0.05) is 24.7 Å². The third kappa shape index (κ3) is 3.37. The summed E-state index contributed by atoms with van der Waals surface area (Å²) in [7, 11) is -4.22. The zero-order valence-electron chi connectivity index (χ0n) is 12.4. The van der Waals surface area contributed by atoms with Gasteiger partial charge in [0.15, 0.2) is 0 Å². The standard InChI is InChI=1S/C16H13ClFNO4S/c17-14-9-11(18)6-7-15(14)24(21,22)23-13-4-1-3-12(10-13)19-8-2-5-16(19)20/h1,3-4,6-7,9-10H,2,5,8H2. The Labute approximate surface area is 143 Å². The van der Waals surface area contributed by atoms with Gasteiger partial charge < -0.3 is 9.08 Å². The maximum Gasteiger partial charge on any atom is 0.340 e. The zero-order valence-corrected chi connectivity index (χ0v) is 14.0. The second-order valence-corrected chi connectivity index (χ2v) is 7.18. The SMILES string of the molecule is O=C1CCCN1c1cccc(OS(=O)(=O)c2ccc(F)cc2Cl)c1. The van der Waals surface area contributed by atoms with Crippen molar-refractivity contribution in [3.8, 4) is 5.75 Å². The number of carbonyl (C=O) groups is 1. The molecule has 0 N–H and O–H groups in total. The summed E-state index contributed by atoms with van der Waals surface area (Å²) in [5.41, 5.74) is 0.565. The lowest BCUT2D eigenvalue weighted by Crippen LogP contribution is -2.23. The molecule has 0 radical (unpaired) electrons. The first-order valence-corrected chi connectivity index (χ1v) is 8.95. The van der Waals surface area contributed by atoms with E-state index in [0.717, 1.165) is 24.6 Å². The number of benzene rings is 2. The second-order valence-electron chi connectivity index (χ2n) is 5.26. The summed E-state index contributed by atoms with van der Waals surface area (Å²) < 4.78 is 42.8. The monoisotopic (exact) mass is 369 g/mol. The Kier molecular flexibility index (Phi) is 4.47. The highest BCUT2D eigenvalue weighted by Crippen LogP contribution is 2.29. The van der Waals surface area contributed by atoms with Crippen molar-refractivity contribution >= 4 is 33.3 Å². The van der Waals surface area contributed by atoms with Crippen molar-refractivity contribution in [3.63, 3.8) is 0 Å². The fraction of sp³-hybridized carbons (Fsp3) is 0.188. The molecule has 126 valence electrons. The minimum atomic E-state index is -4.22. The first kappa shape index (κ1) is 16.7. The molecule has 0 unspecified atom stereocenters. The molecule has 1 saturated heterocycles. The predicted octanol–water partition coefficient (Wildman–Crippen LogP) is 3.37. The van der Waals surface area contributed by atoms with E-state index in [1.54, 1.807) is 17.0 Å². The van der Waals surface area contributed by atoms with Crippen LogP contribution in [0.1, 0.15) is 12.8 Å². The Balaban J connectivity index is 1.89. The van der Waals surface area contributed by atoms with Gasteiger partial charge in [0.25, 0.3) is 0 Å². The molecule has 2 aromatic carbocycles. The summed E-state index contributed by atoms with van der Waals surface area (Å²) in [6.07, 6.45) is 1.22. The number of carbonyl (C=O) groups excluding carboxylic acids is 1. The Hall–Kier alpha value is -2.12. The van der Waals surface area contributed by atoms with Gasteiger partial charge in [0.1, 0.15) is 16.5 Å². The van der Waals surface area contributed by atoms with Gasteiger partial charge in [-0.25, -0.2) is 4.39 Å². The van der Waals surface area contributed by atoms with E-state index in [1.165, 1.54) is 12.1 Å². The fourth-order valence-corrected chi connectivity index (χ4v) is 3.90. The van der Waals surface area contributed by atoms with E-state index < -0.39 is 15.9 Å². The highest BCUT2D eigenvalue weighted by molar-refractivity contribution is 7.87. The Bertz CT molecular complexity index is 901. The number of nitrogens with zero attached hydrogens (tertiary/aromatic N) is 1. The smallest absolute Gasteiger partial charge is 0.340 e. The molecule has 1 aliphatic rings. The van der Waals surface area contributed by atoms with Crippen molar-refractivity contribution in [3.05, 3.63) is 53.3 Å². The normalized spacial score (nSPS) is 14.9. The molecule has 0 saturated carbocycles. The molecule has 0 spiro atoms. The third-order valence-corrected chi connectivity index (χ3v) is 5.30. The summed E-state index contributed by atoms with van der Waals surface area (Å²) in [5.74, 6) is -0.613. The number of halogens is 2. The number of hydrogen-bond acceptors (Lipinski definition) is 4. The van der Waals surface area contributed by atoms with Crippen LogP contribution in [-0.4, -0.2) is 20.9 Å². The molecule has 24 heavy (non-hydrogen) atoms. The van der Waals surface area contributed by atoms with Gasteiger partial charge in [0.2, 0.25) is 5.91 Å². The average molecular weight is 370 g/mol. The van der Waals surface area contributed by atoms with E-state index in [0.29, 0.717) is 18.7 Å². The average Bonchev–Trinajstić information content (AvgIpc) is 2.92. The lowest BCUT2D eigenvalue weighted by atomic mass is 10.3. The van der Waals surface area contributed by atoms with Gasteiger partial charge in [-0.3, -0.25) is 4.79 Å². The molecule has 8 heteroatoms. The summed E-state index contributed by atoms with van der Waals surface area (Å²) in [6.45, 7) is 0.582. The van der Waals surface area contributed by atoms with E-state index in [1.807, 2.05) is 0 Å². The van der Waals surface area contributed by atoms with E-state index in [2.05, 4.69) is 0 Å². The van der Waals surface area contributed by atoms with Crippen molar-refractivity contribution in [2.45, 2.75) is 17.7 Å². The molecule has 2 aromatic rings. The number of anilines is 1. The lowest BCUT2D eigenvalue weighted by Gasteiger charge is -2.16. The van der Waals surface area contributed by atoms with E-state index in [9.17, 15) is 17.6 Å². The molecule has 5 nitrogen and oxygen atoms in total. The van der Waals surface area contributed by atoms with E-state index in [-0.39, 0.29) is 21.6 Å². The van der Waals surface area contributed by atoms with Crippen LogP contribution in [0.3, 0.4) is 0 Å². The Morgan fingerprint density at radius 1 is 1.17 bits per heavy atom. The molecule has 0 aromatic heterocycles. The fourth-order valence-electron chi connectivity index (χ4n) is 2.47. The van der Waals surface area contributed by atoms with Crippen molar-refractivity contribution in [2.24, 2.45) is 0 Å². The van der Waals surface area contributed by atoms with Crippen molar-refractivity contribution in [1.29, 1.82) is 0 Å². The third-order valence-electron chi connectivity index (χ3n) is 3.57. The van der Waals surface area contributed by atoms with Crippen LogP contribution < -0.4 is 9.08 Å². The minimum Gasteiger partial charge on any atom is -0.379 e. The van der Waals surface area contributed by atoms with Gasteiger partial charge in [-0.2, -0.15) is 8.42 Å². The van der Waals surface area contributed by atoms with Gasteiger partial charge >= 0.3 is 10.1 Å². The molecule has 1 aliphatic heterocycles. The van der Waals surface area contributed by atoms with Gasteiger partial charge in [0.05, 0.1) is 5.02 Å². The minimum absolute atomic E-state index is 0.0170. The molecule has 0 aliphatic carbocycles. The van der Waals surface area contributed by atoms with Crippen LogP contribution in [0.2, 0.25) is 5.02 Å². The van der Waals surface area contributed by atoms with Crippen molar-refractivity contribution < 1.29 is 21.8 Å². The van der Waals surface area contributed by atoms with Crippen LogP contribution in [-0.2, 0) is 14.9 Å². The summed E-state index contributed by atoms with van der Waals surface area (Å²) in [6, 6.07) is 9.16. The first-order valence-electron chi connectivity index (χ1n) is 7.17. The molecular formula is C16H13ClFNO4S. The molecule has 0 bridgehead atoms. The second kappa shape index (κ2) is 6.41. The summed E-state index contributed by atoms with van der Waals surface area (Å²) >= 11 is 5.78. The van der Waals surface area contributed by atoms with Crippen molar-refractivity contribution in [2.75, 3.05) is 11.4 Å². The first-order chi connectivity index (χ1) is 11.4. The van der Waals surface area contributed by atoms with Crippen LogP contribution in [0.25, 0.3) is 0 Å². The molecular weight excluding hydrogens is 357 g/mol. The molecule has 1 amide bonds. The van der Waals surface area contributed by atoms with Gasteiger partial charge in [-0.05, 0) is 36.8 Å². The van der Waals surface area contributed by atoms with Crippen LogP contribution >= 0.6 is 11.6 Å². The van der Waals surface area contributed by atoms with Crippen LogP contribution in [0.15, 0.2) is 47.4 Å². The Morgan fingerprint density at radius 2 is 1.96 bits per heavy atom. The maximum absolute atomic E-state index is 13.1. The molecule has 1 fully saturated rings. The number of rotatable bonds is 4. The molecule has 1 heterocycles. The zero-order chi connectivity index (χ0) is 17.3. The quantitative estimate of drug-likeness (QED) is 0.775. The summed E-state index contributed by atoms with van der Waals surface area (Å²) in [5, 5.41) is -0.263. The maximum atomic E-state index is 13.1. The highest BCUT2D eigenvalue weighted by atomic mass is 35.5. The van der Waals surface area contributed by atoms with Crippen molar-refractivity contribution in [1.82, 2.24) is 0 Å². The summed E-state index contributed by atoms with van der Waals surface area (Å²) in [4.78, 5) is 13.0.